The second-order valence-corrected chi connectivity index (χ2v) is 12.1. The zero-order chi connectivity index (χ0) is 22.8. The first-order chi connectivity index (χ1) is 14.5. The van der Waals surface area contributed by atoms with Crippen LogP contribution in [0.1, 0.15) is 38.2 Å². The van der Waals surface area contributed by atoms with Crippen LogP contribution in [0.3, 0.4) is 0 Å². The number of carbonyl (C=O) groups is 1. The van der Waals surface area contributed by atoms with E-state index < -0.39 is 19.9 Å². The standard InChI is InChI=1S/C22H28N2O5S2/c1-16(2)17-4-8-21(9-5-17)31(28,29)24-14-12-18(13-15-24)22(25)23-19-6-10-20(11-7-19)30(3,26)27/h4-11,16,18H,12-15H2,1-3H3,(H,23,25). The van der Waals surface area contributed by atoms with E-state index >= 15 is 0 Å². The second kappa shape index (κ2) is 9.10. The van der Waals surface area contributed by atoms with Crippen molar-refractivity contribution in [3.05, 3.63) is 54.1 Å². The lowest BCUT2D eigenvalue weighted by Gasteiger charge is -2.30. The van der Waals surface area contributed by atoms with Gasteiger partial charge in [0, 0.05) is 31.0 Å². The Morgan fingerprint density at radius 1 is 0.903 bits per heavy atom. The Hall–Kier alpha value is -2.23. The number of sulfone groups is 1. The van der Waals surface area contributed by atoms with E-state index in [1.54, 1.807) is 24.3 Å². The van der Waals surface area contributed by atoms with Gasteiger partial charge in [-0.1, -0.05) is 26.0 Å². The third-order valence-electron chi connectivity index (χ3n) is 5.56. The molecule has 31 heavy (non-hydrogen) atoms. The Bertz CT molecular complexity index is 1130. The number of hydrogen-bond acceptors (Lipinski definition) is 5. The highest BCUT2D eigenvalue weighted by Gasteiger charge is 2.32. The van der Waals surface area contributed by atoms with Crippen LogP contribution >= 0.6 is 0 Å². The van der Waals surface area contributed by atoms with E-state index in [0.29, 0.717) is 24.4 Å². The zero-order valence-corrected chi connectivity index (χ0v) is 19.5. The van der Waals surface area contributed by atoms with Gasteiger partial charge in [-0.05, 0) is 60.7 Å². The fourth-order valence-corrected chi connectivity index (χ4v) is 5.66. The van der Waals surface area contributed by atoms with E-state index in [9.17, 15) is 21.6 Å². The highest BCUT2D eigenvalue weighted by molar-refractivity contribution is 7.90. The van der Waals surface area contributed by atoms with Gasteiger partial charge in [0.1, 0.15) is 0 Å². The predicted molar refractivity (Wildman–Crippen MR) is 120 cm³/mol. The molecule has 168 valence electrons. The molecule has 1 saturated heterocycles. The Morgan fingerprint density at radius 2 is 1.42 bits per heavy atom. The maximum atomic E-state index is 12.9. The summed E-state index contributed by atoms with van der Waals surface area (Å²) in [7, 11) is -6.88. The summed E-state index contributed by atoms with van der Waals surface area (Å²) < 4.78 is 50.3. The van der Waals surface area contributed by atoms with Crippen molar-refractivity contribution in [1.29, 1.82) is 0 Å². The van der Waals surface area contributed by atoms with Crippen LogP contribution in [0, 0.1) is 5.92 Å². The van der Waals surface area contributed by atoms with Crippen LogP contribution in [0.15, 0.2) is 58.3 Å². The Morgan fingerprint density at radius 3 is 1.90 bits per heavy atom. The van der Waals surface area contributed by atoms with Crippen LogP contribution in [0.4, 0.5) is 5.69 Å². The van der Waals surface area contributed by atoms with Crippen LogP contribution in [0.5, 0.6) is 0 Å². The molecule has 0 unspecified atom stereocenters. The summed E-state index contributed by atoms with van der Waals surface area (Å²) in [5, 5.41) is 2.79. The zero-order valence-electron chi connectivity index (χ0n) is 17.9. The molecule has 0 bridgehead atoms. The second-order valence-electron chi connectivity index (χ2n) is 8.19. The first-order valence-corrected chi connectivity index (χ1v) is 13.5. The summed E-state index contributed by atoms with van der Waals surface area (Å²) in [6.45, 7) is 4.66. The molecule has 1 heterocycles. The van der Waals surface area contributed by atoms with Gasteiger partial charge in [0.2, 0.25) is 15.9 Å². The molecular formula is C22H28N2O5S2. The minimum Gasteiger partial charge on any atom is -0.326 e. The normalized spacial score (nSPS) is 16.4. The number of hydrogen-bond donors (Lipinski definition) is 1. The van der Waals surface area contributed by atoms with Gasteiger partial charge < -0.3 is 5.32 Å². The topological polar surface area (TPSA) is 101 Å². The molecule has 0 spiro atoms. The maximum absolute atomic E-state index is 12.9. The molecule has 9 heteroatoms. The first-order valence-electron chi connectivity index (χ1n) is 10.2. The van der Waals surface area contributed by atoms with Crippen molar-refractivity contribution in [3.8, 4) is 0 Å². The number of carbonyl (C=O) groups excluding carboxylic acids is 1. The molecule has 0 aliphatic carbocycles. The van der Waals surface area contributed by atoms with E-state index in [4.69, 9.17) is 0 Å². The van der Waals surface area contributed by atoms with Gasteiger partial charge in [-0.3, -0.25) is 4.79 Å². The Kier molecular flexibility index (Phi) is 6.88. The highest BCUT2D eigenvalue weighted by Crippen LogP contribution is 2.26. The van der Waals surface area contributed by atoms with Gasteiger partial charge in [-0.15, -0.1) is 0 Å². The molecule has 1 aliphatic heterocycles. The van der Waals surface area contributed by atoms with Crippen LogP contribution in [0.25, 0.3) is 0 Å². The van der Waals surface area contributed by atoms with Crippen LogP contribution < -0.4 is 5.32 Å². The van der Waals surface area contributed by atoms with Crippen molar-refractivity contribution in [2.24, 2.45) is 5.92 Å². The molecule has 1 aliphatic rings. The summed E-state index contributed by atoms with van der Waals surface area (Å²) in [5.74, 6) is -0.164. The molecule has 0 radical (unpaired) electrons. The van der Waals surface area contributed by atoms with Gasteiger partial charge in [0.05, 0.1) is 9.79 Å². The van der Waals surface area contributed by atoms with Crippen molar-refractivity contribution >= 4 is 31.5 Å². The number of sulfonamides is 1. The summed E-state index contributed by atoms with van der Waals surface area (Å²) in [6, 6.07) is 13.0. The van der Waals surface area contributed by atoms with Crippen LogP contribution in [-0.4, -0.2) is 46.4 Å². The molecule has 1 amide bonds. The van der Waals surface area contributed by atoms with E-state index in [0.717, 1.165) is 11.8 Å². The van der Waals surface area contributed by atoms with E-state index in [1.807, 2.05) is 12.1 Å². The van der Waals surface area contributed by atoms with E-state index in [1.165, 1.54) is 16.4 Å². The lowest BCUT2D eigenvalue weighted by molar-refractivity contribution is -0.120. The van der Waals surface area contributed by atoms with Crippen LogP contribution in [-0.2, 0) is 24.7 Å². The molecule has 3 rings (SSSR count). The Labute approximate surface area is 184 Å². The molecule has 0 saturated carbocycles. The number of nitrogens with zero attached hydrogens (tertiary/aromatic N) is 1. The van der Waals surface area contributed by atoms with Gasteiger partial charge >= 0.3 is 0 Å². The number of nitrogens with one attached hydrogen (secondary N) is 1. The number of piperidine rings is 1. The van der Waals surface area contributed by atoms with Crippen molar-refractivity contribution < 1.29 is 21.6 Å². The van der Waals surface area contributed by atoms with Crippen molar-refractivity contribution in [2.75, 3.05) is 24.7 Å². The summed E-state index contributed by atoms with van der Waals surface area (Å²) in [6.07, 6.45) is 1.98. The minimum atomic E-state index is -3.59. The number of anilines is 1. The molecule has 2 aromatic carbocycles. The highest BCUT2D eigenvalue weighted by atomic mass is 32.2. The maximum Gasteiger partial charge on any atom is 0.243 e. The quantitative estimate of drug-likeness (QED) is 0.707. The molecule has 7 nitrogen and oxygen atoms in total. The number of rotatable bonds is 6. The van der Waals surface area contributed by atoms with Gasteiger partial charge in [-0.2, -0.15) is 4.31 Å². The van der Waals surface area contributed by atoms with E-state index in [2.05, 4.69) is 19.2 Å². The lowest BCUT2D eigenvalue weighted by atomic mass is 9.97. The summed E-state index contributed by atoms with van der Waals surface area (Å²) in [4.78, 5) is 13.0. The largest absolute Gasteiger partial charge is 0.326 e. The fourth-order valence-electron chi connectivity index (χ4n) is 3.56. The fraction of sp³-hybridized carbons (Fsp3) is 0.409. The monoisotopic (exact) mass is 464 g/mol. The molecular weight excluding hydrogens is 436 g/mol. The average molecular weight is 465 g/mol. The lowest BCUT2D eigenvalue weighted by Crippen LogP contribution is -2.41. The van der Waals surface area contributed by atoms with Crippen LogP contribution in [0.2, 0.25) is 0 Å². The number of amides is 1. The van der Waals surface area contributed by atoms with Gasteiger partial charge in [-0.25, -0.2) is 16.8 Å². The molecule has 1 fully saturated rings. The molecule has 0 atom stereocenters. The van der Waals surface area contributed by atoms with Crippen molar-refractivity contribution in [2.45, 2.75) is 42.4 Å². The first kappa shape index (κ1) is 23.4. The average Bonchev–Trinajstić information content (AvgIpc) is 2.73. The minimum absolute atomic E-state index is 0.186. The third-order valence-corrected chi connectivity index (χ3v) is 8.60. The molecule has 0 aromatic heterocycles. The van der Waals surface area contributed by atoms with Crippen molar-refractivity contribution in [3.63, 3.8) is 0 Å². The summed E-state index contributed by atoms with van der Waals surface area (Å²) in [5.41, 5.74) is 1.59. The smallest absolute Gasteiger partial charge is 0.243 e. The Balaban J connectivity index is 1.60. The SMILES string of the molecule is CC(C)c1ccc(S(=O)(=O)N2CCC(C(=O)Nc3ccc(S(C)(=O)=O)cc3)CC2)cc1. The number of benzene rings is 2. The van der Waals surface area contributed by atoms with E-state index in [-0.39, 0.29) is 34.7 Å². The molecule has 2 aromatic rings. The van der Waals surface area contributed by atoms with Gasteiger partial charge in [0.15, 0.2) is 9.84 Å². The molecule has 1 N–H and O–H groups in total. The van der Waals surface area contributed by atoms with Gasteiger partial charge in [0.25, 0.3) is 0 Å². The predicted octanol–water partition coefficient (Wildman–Crippen LogP) is 3.25. The third kappa shape index (κ3) is 5.53. The summed E-state index contributed by atoms with van der Waals surface area (Å²) >= 11 is 0. The van der Waals surface area contributed by atoms with Crippen molar-refractivity contribution in [1.82, 2.24) is 4.31 Å².